The van der Waals surface area contributed by atoms with Crippen LogP contribution in [0.2, 0.25) is 0 Å². The lowest BCUT2D eigenvalue weighted by atomic mass is 10.2. The van der Waals surface area contributed by atoms with Crippen molar-refractivity contribution in [2.45, 2.75) is 33.4 Å². The summed E-state index contributed by atoms with van der Waals surface area (Å²) in [6.45, 7) is 6.25. The van der Waals surface area contributed by atoms with Gasteiger partial charge in [-0.05, 0) is 20.8 Å². The van der Waals surface area contributed by atoms with E-state index >= 15 is 0 Å². The molecular formula is C14H18FN3OS. The topological polar surface area (TPSA) is 60.2 Å². The summed E-state index contributed by atoms with van der Waals surface area (Å²) in [4.78, 5) is 5.41. The summed E-state index contributed by atoms with van der Waals surface area (Å²) in [7, 11) is 0. The van der Waals surface area contributed by atoms with Crippen LogP contribution in [-0.2, 0) is 6.54 Å². The zero-order valence-electron chi connectivity index (χ0n) is 11.7. The first-order valence-corrected chi connectivity index (χ1v) is 7.18. The molecule has 0 amide bonds. The number of benzene rings is 1. The van der Waals surface area contributed by atoms with Gasteiger partial charge in [0.2, 0.25) is 0 Å². The number of hydrogen-bond acceptors (Lipinski definition) is 5. The molecule has 0 saturated heterocycles. The monoisotopic (exact) mass is 295 g/mol. The highest BCUT2D eigenvalue weighted by Crippen LogP contribution is 2.29. The summed E-state index contributed by atoms with van der Waals surface area (Å²) in [5.74, 6) is -0.251. The third-order valence-corrected chi connectivity index (χ3v) is 3.48. The van der Waals surface area contributed by atoms with Crippen molar-refractivity contribution in [1.29, 1.82) is 0 Å². The second kappa shape index (κ2) is 6.09. The fourth-order valence-electron chi connectivity index (χ4n) is 1.72. The van der Waals surface area contributed by atoms with Gasteiger partial charge in [-0.3, -0.25) is 0 Å². The summed E-state index contributed by atoms with van der Waals surface area (Å²) in [5.41, 5.74) is 6.82. The lowest BCUT2D eigenvalue weighted by molar-refractivity contribution is 0.231. The van der Waals surface area contributed by atoms with E-state index in [1.54, 1.807) is 17.4 Å². The van der Waals surface area contributed by atoms with Crippen LogP contribution in [0.4, 0.5) is 15.8 Å². The average molecular weight is 295 g/mol. The van der Waals surface area contributed by atoms with E-state index in [0.29, 0.717) is 17.9 Å². The van der Waals surface area contributed by atoms with E-state index in [9.17, 15) is 4.39 Å². The molecule has 0 aliphatic rings. The average Bonchev–Trinajstić information content (AvgIpc) is 2.76. The van der Waals surface area contributed by atoms with E-state index in [1.165, 1.54) is 6.07 Å². The predicted octanol–water partition coefficient (Wildman–Crippen LogP) is 3.57. The molecule has 2 rings (SSSR count). The van der Waals surface area contributed by atoms with Crippen LogP contribution in [0.3, 0.4) is 0 Å². The first-order chi connectivity index (χ1) is 9.45. The Kier molecular flexibility index (Phi) is 4.44. The molecule has 20 heavy (non-hydrogen) atoms. The molecule has 1 aromatic heterocycles. The van der Waals surface area contributed by atoms with Gasteiger partial charge in [0, 0.05) is 23.2 Å². The quantitative estimate of drug-likeness (QED) is 0.828. The number of hydrogen-bond donors (Lipinski definition) is 2. The number of rotatable bonds is 5. The maximum absolute atomic E-state index is 13.7. The van der Waals surface area contributed by atoms with E-state index in [-0.39, 0.29) is 11.9 Å². The number of anilines is 2. The Balaban J connectivity index is 2.14. The van der Waals surface area contributed by atoms with Crippen molar-refractivity contribution in [2.75, 3.05) is 11.1 Å². The third kappa shape index (κ3) is 3.60. The first kappa shape index (κ1) is 14.6. The van der Waals surface area contributed by atoms with Crippen molar-refractivity contribution in [3.05, 3.63) is 34.0 Å². The molecule has 3 N–H and O–H groups in total. The van der Waals surface area contributed by atoms with Gasteiger partial charge >= 0.3 is 0 Å². The Morgan fingerprint density at radius 1 is 1.45 bits per heavy atom. The minimum absolute atomic E-state index is 0.0948. The Morgan fingerprint density at radius 3 is 2.80 bits per heavy atom. The van der Waals surface area contributed by atoms with Crippen molar-refractivity contribution in [2.24, 2.45) is 0 Å². The summed E-state index contributed by atoms with van der Waals surface area (Å²) in [5, 5.41) is 4.12. The lowest BCUT2D eigenvalue weighted by Crippen LogP contribution is -2.09. The number of nitrogens with one attached hydrogen (secondary N) is 1. The van der Waals surface area contributed by atoms with Gasteiger partial charge in [0.15, 0.2) is 11.6 Å². The zero-order valence-corrected chi connectivity index (χ0v) is 12.6. The summed E-state index contributed by atoms with van der Waals surface area (Å²) in [6.07, 6.45) is 1.73. The number of aromatic nitrogens is 1. The second-order valence-electron chi connectivity index (χ2n) is 4.75. The van der Waals surface area contributed by atoms with Crippen LogP contribution in [0.25, 0.3) is 0 Å². The maximum Gasteiger partial charge on any atom is 0.167 e. The molecule has 4 nitrogen and oxygen atoms in total. The van der Waals surface area contributed by atoms with Crippen molar-refractivity contribution in [3.8, 4) is 5.75 Å². The van der Waals surface area contributed by atoms with E-state index in [0.717, 1.165) is 9.88 Å². The van der Waals surface area contributed by atoms with Crippen LogP contribution < -0.4 is 15.8 Å². The molecule has 108 valence electrons. The van der Waals surface area contributed by atoms with Crippen LogP contribution >= 0.6 is 11.3 Å². The van der Waals surface area contributed by atoms with E-state index in [2.05, 4.69) is 10.3 Å². The van der Waals surface area contributed by atoms with Crippen LogP contribution in [0, 0.1) is 12.7 Å². The van der Waals surface area contributed by atoms with Gasteiger partial charge in [0.25, 0.3) is 0 Å². The molecule has 0 bridgehead atoms. The summed E-state index contributed by atoms with van der Waals surface area (Å²) in [6, 6.07) is 2.86. The third-order valence-electron chi connectivity index (χ3n) is 2.57. The summed E-state index contributed by atoms with van der Waals surface area (Å²) >= 11 is 1.61. The highest BCUT2D eigenvalue weighted by molar-refractivity contribution is 7.11. The van der Waals surface area contributed by atoms with E-state index < -0.39 is 5.82 Å². The molecule has 0 unspecified atom stereocenters. The van der Waals surface area contributed by atoms with Gasteiger partial charge in [-0.15, -0.1) is 11.3 Å². The largest absolute Gasteiger partial charge is 0.488 e. The maximum atomic E-state index is 13.7. The molecule has 0 atom stereocenters. The van der Waals surface area contributed by atoms with Crippen molar-refractivity contribution in [1.82, 2.24) is 4.98 Å². The van der Waals surface area contributed by atoms with Crippen molar-refractivity contribution < 1.29 is 9.13 Å². The zero-order chi connectivity index (χ0) is 14.7. The van der Waals surface area contributed by atoms with Gasteiger partial charge in [-0.25, -0.2) is 9.37 Å². The molecule has 1 aromatic carbocycles. The Morgan fingerprint density at radius 2 is 2.20 bits per heavy atom. The Bertz CT molecular complexity index is 598. The smallest absolute Gasteiger partial charge is 0.167 e. The van der Waals surface area contributed by atoms with Crippen LogP contribution in [0.1, 0.15) is 23.7 Å². The molecule has 0 spiro atoms. The predicted molar refractivity (Wildman–Crippen MR) is 80.8 cm³/mol. The Labute approximate surface area is 121 Å². The number of ether oxygens (including phenoxy) is 1. The van der Waals surface area contributed by atoms with Crippen LogP contribution in [0.5, 0.6) is 5.75 Å². The van der Waals surface area contributed by atoms with Crippen molar-refractivity contribution in [3.63, 3.8) is 0 Å². The fourth-order valence-corrected chi connectivity index (χ4v) is 2.45. The number of nitrogens with zero attached hydrogens (tertiary/aromatic N) is 1. The molecule has 6 heteroatoms. The van der Waals surface area contributed by atoms with Gasteiger partial charge in [-0.1, -0.05) is 0 Å². The second-order valence-corrected chi connectivity index (χ2v) is 6.07. The number of nitrogens with two attached hydrogens (primary N) is 1. The molecule has 0 saturated carbocycles. The van der Waals surface area contributed by atoms with E-state index in [4.69, 9.17) is 10.5 Å². The van der Waals surface area contributed by atoms with Crippen molar-refractivity contribution >= 4 is 22.7 Å². The van der Waals surface area contributed by atoms with Gasteiger partial charge in [-0.2, -0.15) is 0 Å². The van der Waals surface area contributed by atoms with Gasteiger partial charge in [0.1, 0.15) is 5.01 Å². The van der Waals surface area contributed by atoms with Gasteiger partial charge < -0.3 is 15.8 Å². The van der Waals surface area contributed by atoms with Crippen LogP contribution in [0.15, 0.2) is 18.3 Å². The van der Waals surface area contributed by atoms with E-state index in [1.807, 2.05) is 27.0 Å². The summed E-state index contributed by atoms with van der Waals surface area (Å²) < 4.78 is 19.1. The highest BCUT2D eigenvalue weighted by Gasteiger charge is 2.11. The standard InChI is InChI=1S/C14H18FN3OS/c1-8(2)19-13-5-12(11(16)4-10(13)15)17-7-14-18-6-9(3)20-14/h4-6,8,17H,7,16H2,1-3H3. The number of halogens is 1. The minimum Gasteiger partial charge on any atom is -0.488 e. The molecule has 0 aliphatic carbocycles. The molecule has 0 aliphatic heterocycles. The Hall–Kier alpha value is -1.82. The normalized spacial score (nSPS) is 10.8. The number of thiazole rings is 1. The molecule has 0 fully saturated rings. The van der Waals surface area contributed by atoms with Crippen LogP contribution in [-0.4, -0.2) is 11.1 Å². The molecule has 0 radical (unpaired) electrons. The highest BCUT2D eigenvalue weighted by atomic mass is 32.1. The van der Waals surface area contributed by atoms with Gasteiger partial charge in [0.05, 0.1) is 24.0 Å². The lowest BCUT2D eigenvalue weighted by Gasteiger charge is -2.14. The number of nitrogen functional groups attached to an aromatic ring is 1. The first-order valence-electron chi connectivity index (χ1n) is 6.36. The minimum atomic E-state index is -0.452. The number of aryl methyl sites for hydroxylation is 1. The molecular weight excluding hydrogens is 277 g/mol. The molecule has 1 heterocycles. The fraction of sp³-hybridized carbons (Fsp3) is 0.357. The molecule has 2 aromatic rings. The SMILES string of the molecule is Cc1cnc(CNc2cc(OC(C)C)c(F)cc2N)s1.